The van der Waals surface area contributed by atoms with Crippen molar-refractivity contribution >= 4 is 18.6 Å². The van der Waals surface area contributed by atoms with Crippen LogP contribution in [0.4, 0.5) is 0 Å². The highest BCUT2D eigenvalue weighted by Crippen LogP contribution is 2.02. The summed E-state index contributed by atoms with van der Waals surface area (Å²) < 4.78 is 0. The Morgan fingerprint density at radius 2 is 2.00 bits per heavy atom. The molecule has 0 aromatic carbocycles. The van der Waals surface area contributed by atoms with E-state index in [1.807, 2.05) is 13.8 Å². The predicted octanol–water partition coefficient (Wildman–Crippen LogP) is -0.538. The van der Waals surface area contributed by atoms with Crippen molar-refractivity contribution in [3.05, 3.63) is 0 Å². The van der Waals surface area contributed by atoms with Gasteiger partial charge in [0, 0.05) is 0 Å². The number of rotatable bonds is 7. The summed E-state index contributed by atoms with van der Waals surface area (Å²) in [5, 5.41) is 4.73. The maximum absolute atomic E-state index is 11.1. The van der Waals surface area contributed by atoms with Crippen LogP contribution in [0, 0.1) is 5.92 Å². The summed E-state index contributed by atoms with van der Waals surface area (Å²) >= 11 is 0. The molecule has 5 nitrogen and oxygen atoms in total. The Balaban J connectivity index is 3.85. The van der Waals surface area contributed by atoms with Crippen LogP contribution in [0.3, 0.4) is 0 Å². The highest BCUT2D eigenvalue weighted by Gasteiger charge is 2.12. The number of amides is 2. The van der Waals surface area contributed by atoms with Crippen LogP contribution in [0.2, 0.25) is 0 Å². The van der Waals surface area contributed by atoms with Crippen molar-refractivity contribution in [1.29, 1.82) is 0 Å². The van der Waals surface area contributed by atoms with Gasteiger partial charge in [-0.1, -0.05) is 13.8 Å². The maximum atomic E-state index is 11.1. The summed E-state index contributed by atoms with van der Waals surface area (Å²) in [6, 6.07) is -0.462. The molecule has 0 bridgehead atoms. The molecule has 14 heavy (non-hydrogen) atoms. The quantitative estimate of drug-likeness (QED) is 0.542. The van der Waals surface area contributed by atoms with Crippen molar-refractivity contribution in [3.8, 4) is 0 Å². The fourth-order valence-corrected chi connectivity index (χ4v) is 1.05. The lowest BCUT2D eigenvalue weighted by atomic mass is 10.1. The minimum Gasteiger partial charge on any atom is -0.350 e. The van der Waals surface area contributed by atoms with E-state index in [1.165, 1.54) is 0 Å². The number of nitrogens with one attached hydrogen (secondary N) is 2. The number of hydrogen-bond acceptors (Lipinski definition) is 3. The monoisotopic (exact) mass is 200 g/mol. The predicted molar refractivity (Wildman–Crippen MR) is 51.5 cm³/mol. The van der Waals surface area contributed by atoms with Crippen LogP contribution in [-0.4, -0.2) is 31.2 Å². The van der Waals surface area contributed by atoms with E-state index in [-0.39, 0.29) is 12.5 Å². The molecular formula is C9H16N2O3. The molecule has 0 fully saturated rings. The molecule has 0 rings (SSSR count). The molecule has 0 aliphatic carbocycles. The van der Waals surface area contributed by atoms with Gasteiger partial charge in [0.05, 0.1) is 12.6 Å². The molecule has 5 heteroatoms. The molecule has 0 saturated carbocycles. The van der Waals surface area contributed by atoms with Gasteiger partial charge < -0.3 is 15.4 Å². The molecule has 80 valence electrons. The highest BCUT2D eigenvalue weighted by molar-refractivity contribution is 5.82. The summed E-state index contributed by atoms with van der Waals surface area (Å²) in [4.78, 5) is 31.5. The Morgan fingerprint density at radius 3 is 2.43 bits per heavy atom. The molecule has 0 aliphatic rings. The first-order chi connectivity index (χ1) is 6.60. The molecule has 0 aromatic heterocycles. The van der Waals surface area contributed by atoms with Gasteiger partial charge in [0.2, 0.25) is 12.3 Å². The third-order valence-corrected chi connectivity index (χ3v) is 1.58. The van der Waals surface area contributed by atoms with Crippen molar-refractivity contribution in [2.45, 2.75) is 26.3 Å². The molecule has 0 saturated heterocycles. The van der Waals surface area contributed by atoms with E-state index in [0.29, 0.717) is 25.0 Å². The van der Waals surface area contributed by atoms with E-state index in [2.05, 4.69) is 10.6 Å². The van der Waals surface area contributed by atoms with Gasteiger partial charge in [-0.05, 0) is 12.3 Å². The van der Waals surface area contributed by atoms with Crippen LogP contribution in [0.25, 0.3) is 0 Å². The average Bonchev–Trinajstić information content (AvgIpc) is 2.12. The number of hydrogen-bond donors (Lipinski definition) is 2. The fraction of sp³-hybridized carbons (Fsp3) is 0.667. The van der Waals surface area contributed by atoms with Crippen molar-refractivity contribution in [2.75, 3.05) is 6.54 Å². The average molecular weight is 200 g/mol. The lowest BCUT2D eigenvalue weighted by Gasteiger charge is -2.14. The number of carbonyl (C=O) groups is 3. The molecule has 0 radical (unpaired) electrons. The molecule has 2 amide bonds. The standard InChI is InChI=1S/C9H16N2O3/c1-7(2)3-8(5-12)11-9(14)4-10-6-13/h5-8H,3-4H2,1-2H3,(H,10,13)(H,11,14). The largest absolute Gasteiger partial charge is 0.350 e. The first-order valence-electron chi connectivity index (χ1n) is 4.51. The van der Waals surface area contributed by atoms with Gasteiger partial charge in [-0.2, -0.15) is 0 Å². The maximum Gasteiger partial charge on any atom is 0.239 e. The molecule has 0 heterocycles. The minimum absolute atomic E-state index is 0.0913. The van der Waals surface area contributed by atoms with Gasteiger partial charge in [-0.15, -0.1) is 0 Å². The van der Waals surface area contributed by atoms with Gasteiger partial charge in [0.25, 0.3) is 0 Å². The zero-order valence-corrected chi connectivity index (χ0v) is 8.45. The Bertz CT molecular complexity index is 204. The topological polar surface area (TPSA) is 75.3 Å². The molecule has 1 unspecified atom stereocenters. The third kappa shape index (κ3) is 6.16. The second-order valence-electron chi connectivity index (χ2n) is 3.44. The van der Waals surface area contributed by atoms with Crippen molar-refractivity contribution in [2.24, 2.45) is 5.92 Å². The van der Waals surface area contributed by atoms with E-state index in [0.717, 1.165) is 0 Å². The second kappa shape index (κ2) is 7.06. The van der Waals surface area contributed by atoms with Crippen LogP contribution in [0.15, 0.2) is 0 Å². The zero-order chi connectivity index (χ0) is 11.0. The summed E-state index contributed by atoms with van der Waals surface area (Å²) in [6.07, 6.45) is 1.76. The van der Waals surface area contributed by atoms with Crippen LogP contribution in [-0.2, 0) is 14.4 Å². The first-order valence-corrected chi connectivity index (χ1v) is 4.51. The molecule has 0 aromatic rings. The smallest absolute Gasteiger partial charge is 0.239 e. The Morgan fingerprint density at radius 1 is 1.36 bits per heavy atom. The summed E-state index contributed by atoms with van der Waals surface area (Å²) in [5.74, 6) is -0.0145. The van der Waals surface area contributed by atoms with Gasteiger partial charge in [-0.25, -0.2) is 0 Å². The van der Waals surface area contributed by atoms with Gasteiger partial charge >= 0.3 is 0 Å². The molecule has 2 N–H and O–H groups in total. The highest BCUT2D eigenvalue weighted by atomic mass is 16.2. The second-order valence-corrected chi connectivity index (χ2v) is 3.44. The van der Waals surface area contributed by atoms with Crippen molar-refractivity contribution in [1.82, 2.24) is 10.6 Å². The van der Waals surface area contributed by atoms with Crippen LogP contribution >= 0.6 is 0 Å². The van der Waals surface area contributed by atoms with Crippen LogP contribution < -0.4 is 10.6 Å². The van der Waals surface area contributed by atoms with Gasteiger partial charge in [0.1, 0.15) is 6.29 Å². The van der Waals surface area contributed by atoms with E-state index in [1.54, 1.807) is 0 Å². The summed E-state index contributed by atoms with van der Waals surface area (Å²) in [5.41, 5.74) is 0. The van der Waals surface area contributed by atoms with E-state index in [9.17, 15) is 14.4 Å². The summed E-state index contributed by atoms with van der Waals surface area (Å²) in [6.45, 7) is 3.84. The SMILES string of the molecule is CC(C)CC(C=O)NC(=O)CNC=O. The van der Waals surface area contributed by atoms with Crippen molar-refractivity contribution in [3.63, 3.8) is 0 Å². The number of aldehydes is 1. The van der Waals surface area contributed by atoms with Gasteiger partial charge in [-0.3, -0.25) is 9.59 Å². The fourth-order valence-electron chi connectivity index (χ4n) is 1.05. The molecule has 1 atom stereocenters. The Hall–Kier alpha value is -1.39. The van der Waals surface area contributed by atoms with Crippen LogP contribution in [0.1, 0.15) is 20.3 Å². The molecule has 0 aliphatic heterocycles. The lowest BCUT2D eigenvalue weighted by Crippen LogP contribution is -2.41. The lowest BCUT2D eigenvalue weighted by molar-refractivity contribution is -0.124. The van der Waals surface area contributed by atoms with Crippen molar-refractivity contribution < 1.29 is 14.4 Å². The zero-order valence-electron chi connectivity index (χ0n) is 8.45. The van der Waals surface area contributed by atoms with E-state index < -0.39 is 6.04 Å². The molecular weight excluding hydrogens is 184 g/mol. The van der Waals surface area contributed by atoms with E-state index >= 15 is 0 Å². The first kappa shape index (κ1) is 12.6. The van der Waals surface area contributed by atoms with Crippen LogP contribution in [0.5, 0.6) is 0 Å². The van der Waals surface area contributed by atoms with E-state index in [4.69, 9.17) is 0 Å². The number of carbonyl (C=O) groups excluding carboxylic acids is 3. The summed E-state index contributed by atoms with van der Waals surface area (Å²) in [7, 11) is 0. The Kier molecular flexibility index (Phi) is 6.36. The Labute approximate surface area is 83.2 Å². The molecule has 0 spiro atoms. The third-order valence-electron chi connectivity index (χ3n) is 1.58. The minimum atomic E-state index is -0.462. The normalized spacial score (nSPS) is 11.9. The van der Waals surface area contributed by atoms with Gasteiger partial charge in [0.15, 0.2) is 0 Å².